The number of rotatable bonds is 9. The number of aliphatic hydroxyl groups is 1. The van der Waals surface area contributed by atoms with Crippen molar-refractivity contribution in [2.24, 2.45) is 0 Å². The second-order valence-corrected chi connectivity index (χ2v) is 6.34. The maximum absolute atomic E-state index is 11.0. The molecule has 0 aromatic carbocycles. The quantitative estimate of drug-likeness (QED) is 0.357. The second-order valence-electron chi connectivity index (χ2n) is 4.76. The zero-order valence-corrected chi connectivity index (χ0v) is 12.6. The highest BCUT2D eigenvalue weighted by Gasteiger charge is 2.19. The minimum absolute atomic E-state index is 0.204. The predicted molar refractivity (Wildman–Crippen MR) is 77.8 cm³/mol. The molecule has 1 atom stereocenters. The average Bonchev–Trinajstić information content (AvgIpc) is 2.88. The minimum atomic E-state index is -4.27. The topological polar surface area (TPSA) is 157 Å². The fourth-order valence-electron chi connectivity index (χ4n) is 1.99. The van der Waals surface area contributed by atoms with Gasteiger partial charge in [0.1, 0.15) is 18.2 Å². The summed E-state index contributed by atoms with van der Waals surface area (Å²) in [6.07, 6.45) is 2.63. The Morgan fingerprint density at radius 1 is 1.45 bits per heavy atom. The highest BCUT2D eigenvalue weighted by molar-refractivity contribution is 7.51. The Labute approximate surface area is 127 Å². The lowest BCUT2D eigenvalue weighted by Gasteiger charge is -2.18. The third-order valence-corrected chi connectivity index (χ3v) is 3.46. The summed E-state index contributed by atoms with van der Waals surface area (Å²) >= 11 is 0. The van der Waals surface area contributed by atoms with E-state index in [1.54, 1.807) is 4.57 Å². The Morgan fingerprint density at radius 2 is 2.27 bits per heavy atom. The van der Waals surface area contributed by atoms with Gasteiger partial charge in [-0.05, 0) is 12.8 Å². The van der Waals surface area contributed by atoms with Gasteiger partial charge in [-0.1, -0.05) is 0 Å². The predicted octanol–water partition coefficient (Wildman–Crippen LogP) is -0.299. The number of hydrogen-bond donors (Lipinski definition) is 4. The maximum Gasteiger partial charge on any atom is 0.350 e. The first-order valence-corrected chi connectivity index (χ1v) is 8.36. The summed E-state index contributed by atoms with van der Waals surface area (Å²) in [6.45, 7) is 0.487. The molecular formula is C11H18N5O5P. The van der Waals surface area contributed by atoms with Gasteiger partial charge in [-0.2, -0.15) is 0 Å². The van der Waals surface area contributed by atoms with Crippen LogP contribution in [0.15, 0.2) is 12.7 Å². The molecule has 0 spiro atoms. The molecule has 2 aromatic rings. The van der Waals surface area contributed by atoms with Crippen LogP contribution in [0.3, 0.4) is 0 Å². The van der Waals surface area contributed by atoms with E-state index < -0.39 is 20.0 Å². The lowest BCUT2D eigenvalue weighted by Crippen LogP contribution is -2.21. The van der Waals surface area contributed by atoms with Crippen molar-refractivity contribution in [1.29, 1.82) is 1.43 Å². The van der Waals surface area contributed by atoms with Crippen molar-refractivity contribution in [2.75, 3.05) is 18.7 Å². The largest absolute Gasteiger partial charge is 0.396 e. The van der Waals surface area contributed by atoms with Crippen LogP contribution in [0.5, 0.6) is 0 Å². The number of aromatic nitrogens is 4. The van der Waals surface area contributed by atoms with Gasteiger partial charge in [-0.25, -0.2) is 15.0 Å². The van der Waals surface area contributed by atoms with E-state index in [0.29, 0.717) is 24.0 Å². The maximum atomic E-state index is 11.0. The lowest BCUT2D eigenvalue weighted by molar-refractivity contribution is 0.0516. The third-order valence-electron chi connectivity index (χ3n) is 2.98. The summed E-state index contributed by atoms with van der Waals surface area (Å²) < 4.78 is 24.6. The Hall–Kier alpha value is -1.58. The van der Waals surface area contributed by atoms with Crippen molar-refractivity contribution in [3.63, 3.8) is 0 Å². The number of ether oxygens (including phenoxy) is 1. The molecule has 11 heteroatoms. The van der Waals surface area contributed by atoms with Crippen LogP contribution in [0.25, 0.3) is 11.2 Å². The van der Waals surface area contributed by atoms with Crippen LogP contribution in [0.4, 0.5) is 5.82 Å². The summed E-state index contributed by atoms with van der Waals surface area (Å²) in [4.78, 5) is 30.0. The smallest absolute Gasteiger partial charge is 0.350 e. The van der Waals surface area contributed by atoms with Gasteiger partial charge in [0, 0.05) is 6.61 Å². The first-order valence-electron chi connectivity index (χ1n) is 6.97. The van der Waals surface area contributed by atoms with Gasteiger partial charge in [0.2, 0.25) is 1.43 Å². The minimum Gasteiger partial charge on any atom is -0.396 e. The number of fused-ring (bicyclic) bond motifs is 1. The van der Waals surface area contributed by atoms with Gasteiger partial charge in [-0.15, -0.1) is 0 Å². The van der Waals surface area contributed by atoms with Gasteiger partial charge in [0.15, 0.2) is 11.5 Å². The number of hydrogen-bond acceptors (Lipinski definition) is 7. The van der Waals surface area contributed by atoms with Crippen LogP contribution in [0, 0.1) is 0 Å². The zero-order valence-electron chi connectivity index (χ0n) is 12.7. The Morgan fingerprint density at radius 3 is 3.00 bits per heavy atom. The molecule has 0 amide bonds. The molecule has 0 unspecified atom stereocenters. The molecule has 10 nitrogen and oxygen atoms in total. The van der Waals surface area contributed by atoms with Crippen molar-refractivity contribution in [3.8, 4) is 0 Å². The van der Waals surface area contributed by atoms with Crippen LogP contribution >= 0.6 is 7.60 Å². The number of nitrogens with two attached hydrogens (primary N) is 1. The first-order chi connectivity index (χ1) is 10.9. The molecule has 2 aromatic heterocycles. The fourth-order valence-corrected chi connectivity index (χ4v) is 2.40. The third kappa shape index (κ3) is 4.46. The molecule has 0 aliphatic carbocycles. The SMILES string of the molecule is [3H]OCCC[C@H](Cn1cnc2c(N)ncnc21)OCP(=O)(O)O. The van der Waals surface area contributed by atoms with Crippen LogP contribution in [-0.4, -0.2) is 54.9 Å². The van der Waals surface area contributed by atoms with E-state index in [1.165, 1.54) is 12.7 Å². The van der Waals surface area contributed by atoms with Crippen LogP contribution < -0.4 is 5.73 Å². The lowest BCUT2D eigenvalue weighted by atomic mass is 10.2. The van der Waals surface area contributed by atoms with Crippen molar-refractivity contribution >= 4 is 24.6 Å². The molecule has 0 aliphatic heterocycles. The highest BCUT2D eigenvalue weighted by atomic mass is 31.2. The first kappa shape index (κ1) is 15.3. The fraction of sp³-hybridized carbons (Fsp3) is 0.545. The second kappa shape index (κ2) is 7.12. The van der Waals surface area contributed by atoms with Crippen LogP contribution in [0.1, 0.15) is 12.8 Å². The molecule has 2 rings (SSSR count). The standard InChI is InChI=1S/C11H18N5O5P/c12-10-9-11(14-5-13-10)16(6-15-9)4-8(2-1-3-17)21-7-22(18,19)20/h5-6,8,17H,1-4,7H2,(H2,12,13,14)(H2,18,19,20)/t8-/m1/s1/i17T. The Balaban J connectivity index is 2.11. The Kier molecular flexibility index (Phi) is 4.96. The summed E-state index contributed by atoms with van der Waals surface area (Å²) in [5.41, 5.74) is 6.68. The summed E-state index contributed by atoms with van der Waals surface area (Å²) in [5.74, 6) is 0.254. The summed E-state index contributed by atoms with van der Waals surface area (Å²) in [6, 6.07) is 0. The average molecular weight is 333 g/mol. The van der Waals surface area contributed by atoms with Crippen molar-refractivity contribution in [1.82, 2.24) is 19.5 Å². The summed E-state index contributed by atoms with van der Waals surface area (Å²) in [5, 5.41) is 4.24. The summed E-state index contributed by atoms with van der Waals surface area (Å²) in [7, 11) is -4.27. The Bertz CT molecular complexity index is 692. The van der Waals surface area contributed by atoms with Crippen molar-refractivity contribution in [2.45, 2.75) is 25.5 Å². The monoisotopic (exact) mass is 333 g/mol. The molecule has 0 saturated heterocycles. The van der Waals surface area contributed by atoms with Crippen molar-refractivity contribution < 1.29 is 24.2 Å². The van der Waals surface area contributed by atoms with E-state index in [4.69, 9.17) is 21.7 Å². The molecule has 122 valence electrons. The van der Waals surface area contributed by atoms with Gasteiger partial charge in [-0.3, -0.25) is 4.57 Å². The number of imidazole rings is 1. The van der Waals surface area contributed by atoms with E-state index in [2.05, 4.69) is 20.1 Å². The van der Waals surface area contributed by atoms with Crippen molar-refractivity contribution in [3.05, 3.63) is 12.7 Å². The number of nitrogen functional groups attached to an aromatic ring is 1. The van der Waals surface area contributed by atoms with Crippen LogP contribution in [-0.2, 0) is 15.8 Å². The van der Waals surface area contributed by atoms with E-state index >= 15 is 0 Å². The van der Waals surface area contributed by atoms with Gasteiger partial charge >= 0.3 is 7.60 Å². The molecule has 0 aliphatic rings. The molecule has 22 heavy (non-hydrogen) atoms. The number of anilines is 1. The number of aliphatic hydroxyl groups excluding tert-OH is 1. The van der Waals surface area contributed by atoms with E-state index in [-0.39, 0.29) is 19.0 Å². The van der Waals surface area contributed by atoms with Gasteiger partial charge < -0.3 is 29.9 Å². The molecule has 0 radical (unpaired) electrons. The van der Waals surface area contributed by atoms with Gasteiger partial charge in [0.05, 0.1) is 19.0 Å². The number of nitrogens with zero attached hydrogens (tertiary/aromatic N) is 4. The highest BCUT2D eigenvalue weighted by Crippen LogP contribution is 2.34. The molecular weight excluding hydrogens is 313 g/mol. The van der Waals surface area contributed by atoms with Crippen LogP contribution in [0.2, 0.25) is 0 Å². The van der Waals surface area contributed by atoms with E-state index in [0.717, 1.165) is 0 Å². The van der Waals surface area contributed by atoms with E-state index in [1.807, 2.05) is 0 Å². The molecule has 0 bridgehead atoms. The molecule has 5 N–H and O–H groups in total. The molecule has 0 fully saturated rings. The van der Waals surface area contributed by atoms with Gasteiger partial charge in [0.25, 0.3) is 0 Å². The zero-order chi connectivity index (χ0) is 16.9. The molecule has 2 heterocycles. The van der Waals surface area contributed by atoms with E-state index in [9.17, 15) is 4.57 Å². The molecule has 0 saturated carbocycles. The normalized spacial score (nSPS) is 14.2.